The number of carbonyl (C=O) groups excluding carboxylic acids is 2. The van der Waals surface area contributed by atoms with E-state index in [1.165, 1.54) is 0 Å². The van der Waals surface area contributed by atoms with Crippen LogP contribution in [0, 0.1) is 5.41 Å². The summed E-state index contributed by atoms with van der Waals surface area (Å²) in [5.41, 5.74) is -0.626. The third-order valence-electron chi connectivity index (χ3n) is 2.34. The highest BCUT2D eigenvalue weighted by molar-refractivity contribution is 5.89. The van der Waals surface area contributed by atoms with Crippen LogP contribution in [0.15, 0.2) is 0 Å². The predicted octanol–water partition coefficient (Wildman–Crippen LogP) is -0.114. The molecule has 1 rings (SSSR count). The van der Waals surface area contributed by atoms with E-state index in [4.69, 9.17) is 0 Å². The summed E-state index contributed by atoms with van der Waals surface area (Å²) in [6.45, 7) is 1.71. The van der Waals surface area contributed by atoms with Crippen LogP contribution in [0.25, 0.3) is 0 Å². The third-order valence-corrected chi connectivity index (χ3v) is 2.34. The summed E-state index contributed by atoms with van der Waals surface area (Å²) in [6.07, 6.45) is 1.93. The lowest BCUT2D eigenvalue weighted by molar-refractivity contribution is -0.307. The number of carboxylic acids is 1. The molecule has 0 aromatic carbocycles. The van der Waals surface area contributed by atoms with E-state index in [1.54, 1.807) is 6.92 Å². The van der Waals surface area contributed by atoms with Gasteiger partial charge in [0.25, 0.3) is 0 Å². The molecular weight excluding hydrogens is 144 g/mol. The molecule has 0 bridgehead atoms. The predicted molar refractivity (Wildman–Crippen MR) is 36.6 cm³/mol. The van der Waals surface area contributed by atoms with E-state index in [2.05, 4.69) is 0 Å². The molecule has 0 aromatic heterocycles. The molecule has 1 unspecified atom stereocenters. The second-order valence-electron chi connectivity index (χ2n) is 3.39. The topological polar surface area (TPSA) is 57.2 Å². The van der Waals surface area contributed by atoms with Crippen molar-refractivity contribution in [2.45, 2.75) is 32.6 Å². The first-order valence-corrected chi connectivity index (χ1v) is 3.78. The Morgan fingerprint density at radius 2 is 2.36 bits per heavy atom. The molecule has 1 saturated carbocycles. The number of rotatable bonds is 2. The molecule has 0 N–H and O–H groups in total. The Morgan fingerprint density at radius 3 is 2.73 bits per heavy atom. The molecule has 3 nitrogen and oxygen atoms in total. The highest BCUT2D eigenvalue weighted by atomic mass is 16.4. The van der Waals surface area contributed by atoms with Crippen molar-refractivity contribution < 1.29 is 14.7 Å². The fraction of sp³-hybridized carbons (Fsp3) is 0.750. The molecule has 0 spiro atoms. The lowest BCUT2D eigenvalue weighted by Gasteiger charge is -2.21. The minimum absolute atomic E-state index is 0.0710. The summed E-state index contributed by atoms with van der Waals surface area (Å²) in [5.74, 6) is -1.05. The van der Waals surface area contributed by atoms with Gasteiger partial charge in [-0.15, -0.1) is 0 Å². The van der Waals surface area contributed by atoms with Crippen LogP contribution in [0.1, 0.15) is 32.6 Å². The molecule has 0 heterocycles. The number of Topliss-reactive ketones (excluding diaryl/α,β-unsaturated/α-hetero) is 1. The largest absolute Gasteiger partial charge is 0.550 e. The first-order valence-electron chi connectivity index (χ1n) is 3.78. The number of hydrogen-bond donors (Lipinski definition) is 0. The molecule has 1 aliphatic rings. The molecule has 1 aliphatic carbocycles. The molecule has 0 aliphatic heterocycles. The lowest BCUT2D eigenvalue weighted by Crippen LogP contribution is -2.33. The zero-order chi connectivity index (χ0) is 8.48. The standard InChI is InChI=1S/C8H12O3/c1-8(5-7(10)11)4-2-3-6(8)9/h2-5H2,1H3,(H,10,11)/p-1. The normalized spacial score (nSPS) is 30.8. The van der Waals surface area contributed by atoms with E-state index in [-0.39, 0.29) is 12.2 Å². The minimum Gasteiger partial charge on any atom is -0.550 e. The van der Waals surface area contributed by atoms with Gasteiger partial charge in [0.2, 0.25) is 0 Å². The van der Waals surface area contributed by atoms with Gasteiger partial charge in [0, 0.05) is 17.8 Å². The SMILES string of the molecule is CC1(CC(=O)[O-])CCCC1=O. The van der Waals surface area contributed by atoms with Crippen LogP contribution < -0.4 is 5.11 Å². The molecule has 0 aromatic rings. The van der Waals surface area contributed by atoms with E-state index in [1.807, 2.05) is 0 Å². The summed E-state index contributed by atoms with van der Waals surface area (Å²) in [4.78, 5) is 21.4. The van der Waals surface area contributed by atoms with Gasteiger partial charge >= 0.3 is 0 Å². The molecular formula is C8H11O3-. The van der Waals surface area contributed by atoms with Crippen LogP contribution in [0.5, 0.6) is 0 Å². The number of hydrogen-bond acceptors (Lipinski definition) is 3. The zero-order valence-corrected chi connectivity index (χ0v) is 6.55. The van der Waals surface area contributed by atoms with E-state index in [9.17, 15) is 14.7 Å². The van der Waals surface area contributed by atoms with Gasteiger partial charge in [-0.25, -0.2) is 0 Å². The van der Waals surface area contributed by atoms with E-state index >= 15 is 0 Å². The van der Waals surface area contributed by atoms with Crippen molar-refractivity contribution in [1.82, 2.24) is 0 Å². The van der Waals surface area contributed by atoms with Gasteiger partial charge in [-0.3, -0.25) is 4.79 Å². The van der Waals surface area contributed by atoms with Gasteiger partial charge < -0.3 is 9.90 Å². The Morgan fingerprint density at radius 1 is 1.73 bits per heavy atom. The Bertz CT molecular complexity index is 198. The first-order chi connectivity index (χ1) is 5.04. The Balaban J connectivity index is 2.65. The van der Waals surface area contributed by atoms with Crippen LogP contribution in [0.3, 0.4) is 0 Å². The summed E-state index contributed by atoms with van der Waals surface area (Å²) in [7, 11) is 0. The third kappa shape index (κ3) is 1.59. The maximum Gasteiger partial charge on any atom is 0.139 e. The lowest BCUT2D eigenvalue weighted by atomic mass is 9.84. The van der Waals surface area contributed by atoms with Crippen LogP contribution in [0.2, 0.25) is 0 Å². The second kappa shape index (κ2) is 2.64. The molecule has 3 heteroatoms. The van der Waals surface area contributed by atoms with Gasteiger partial charge in [0.15, 0.2) is 0 Å². The van der Waals surface area contributed by atoms with Crippen LogP contribution in [0.4, 0.5) is 0 Å². The molecule has 0 radical (unpaired) electrons. The van der Waals surface area contributed by atoms with E-state index < -0.39 is 11.4 Å². The zero-order valence-electron chi connectivity index (χ0n) is 6.55. The number of aliphatic carboxylic acids is 1. The van der Waals surface area contributed by atoms with Gasteiger partial charge in [0.05, 0.1) is 0 Å². The Labute approximate surface area is 65.4 Å². The minimum atomic E-state index is -1.12. The van der Waals surface area contributed by atoms with Crippen molar-refractivity contribution >= 4 is 11.8 Å². The maximum absolute atomic E-state index is 11.1. The van der Waals surface area contributed by atoms with Crippen LogP contribution >= 0.6 is 0 Å². The van der Waals surface area contributed by atoms with Gasteiger partial charge in [-0.2, -0.15) is 0 Å². The smallest absolute Gasteiger partial charge is 0.139 e. The summed E-state index contributed by atoms with van der Waals surface area (Å²) in [5, 5.41) is 10.2. The van der Waals surface area contributed by atoms with Gasteiger partial charge in [-0.1, -0.05) is 6.92 Å². The van der Waals surface area contributed by atoms with Crippen molar-refractivity contribution in [2.24, 2.45) is 5.41 Å². The summed E-state index contributed by atoms with van der Waals surface area (Å²) in [6, 6.07) is 0. The summed E-state index contributed by atoms with van der Waals surface area (Å²) >= 11 is 0. The van der Waals surface area contributed by atoms with Crippen molar-refractivity contribution in [3.63, 3.8) is 0 Å². The van der Waals surface area contributed by atoms with Crippen molar-refractivity contribution in [1.29, 1.82) is 0 Å². The van der Waals surface area contributed by atoms with Crippen molar-refractivity contribution in [3.8, 4) is 0 Å². The number of carboxylic acid groups (broad SMARTS) is 1. The average molecular weight is 155 g/mol. The molecule has 1 atom stereocenters. The first kappa shape index (κ1) is 8.24. The van der Waals surface area contributed by atoms with Crippen LogP contribution in [-0.4, -0.2) is 11.8 Å². The average Bonchev–Trinajstić information content (AvgIpc) is 2.11. The second-order valence-corrected chi connectivity index (χ2v) is 3.39. The summed E-state index contributed by atoms with van der Waals surface area (Å²) < 4.78 is 0. The van der Waals surface area contributed by atoms with Gasteiger partial charge in [-0.05, 0) is 19.3 Å². The van der Waals surface area contributed by atoms with Crippen molar-refractivity contribution in [3.05, 3.63) is 0 Å². The number of carbonyl (C=O) groups is 2. The van der Waals surface area contributed by atoms with E-state index in [0.717, 1.165) is 6.42 Å². The fourth-order valence-corrected chi connectivity index (χ4v) is 1.59. The molecule has 11 heavy (non-hydrogen) atoms. The molecule has 0 saturated heterocycles. The van der Waals surface area contributed by atoms with E-state index in [0.29, 0.717) is 12.8 Å². The quantitative estimate of drug-likeness (QED) is 0.558. The van der Waals surface area contributed by atoms with Crippen molar-refractivity contribution in [2.75, 3.05) is 0 Å². The molecule has 1 fully saturated rings. The van der Waals surface area contributed by atoms with Crippen LogP contribution in [-0.2, 0) is 9.59 Å². The molecule has 62 valence electrons. The highest BCUT2D eigenvalue weighted by Crippen LogP contribution is 2.36. The Hall–Kier alpha value is -0.860. The highest BCUT2D eigenvalue weighted by Gasteiger charge is 2.36. The monoisotopic (exact) mass is 155 g/mol. The van der Waals surface area contributed by atoms with Gasteiger partial charge in [0.1, 0.15) is 5.78 Å². The fourth-order valence-electron chi connectivity index (χ4n) is 1.59. The number of ketones is 1. The molecule has 0 amide bonds. The Kier molecular flexibility index (Phi) is 1.98. The maximum atomic E-state index is 11.1.